The minimum atomic E-state index is 0.279. The molecular weight excluding hydrogens is 238 g/mol. The Morgan fingerprint density at radius 1 is 1.16 bits per heavy atom. The maximum atomic E-state index is 5.54. The van der Waals surface area contributed by atoms with E-state index in [0.717, 1.165) is 23.8 Å². The molecule has 2 aromatic rings. The highest BCUT2D eigenvalue weighted by Crippen LogP contribution is 2.18. The molecule has 0 aliphatic carbocycles. The molecule has 1 atom stereocenters. The van der Waals surface area contributed by atoms with E-state index in [9.17, 15) is 0 Å². The monoisotopic (exact) mass is 259 g/mol. The number of hydrogen-bond donors (Lipinski definition) is 1. The van der Waals surface area contributed by atoms with Crippen LogP contribution >= 0.6 is 0 Å². The first-order valence-corrected chi connectivity index (χ1v) is 6.70. The number of rotatable bonds is 6. The van der Waals surface area contributed by atoms with Gasteiger partial charge in [0.25, 0.3) is 0 Å². The molecule has 1 unspecified atom stereocenters. The standard InChI is InChI=1S/C16H21NO2/c1-4-18-15-9-6-14(7-10-15)13(3)17-11-16-8-5-12(2)19-16/h5-10,13,17H,4,11H2,1-3H3. The number of nitrogens with one attached hydrogen (secondary N) is 1. The van der Waals surface area contributed by atoms with E-state index in [2.05, 4.69) is 24.4 Å². The van der Waals surface area contributed by atoms with Crippen molar-refractivity contribution in [1.29, 1.82) is 0 Å². The van der Waals surface area contributed by atoms with Gasteiger partial charge < -0.3 is 14.5 Å². The van der Waals surface area contributed by atoms with E-state index in [1.807, 2.05) is 38.1 Å². The average molecular weight is 259 g/mol. The first kappa shape index (κ1) is 13.7. The zero-order valence-electron chi connectivity index (χ0n) is 11.8. The number of hydrogen-bond acceptors (Lipinski definition) is 3. The summed E-state index contributed by atoms with van der Waals surface area (Å²) in [6.45, 7) is 7.53. The minimum Gasteiger partial charge on any atom is -0.494 e. The first-order valence-electron chi connectivity index (χ1n) is 6.70. The summed E-state index contributed by atoms with van der Waals surface area (Å²) in [4.78, 5) is 0. The van der Waals surface area contributed by atoms with E-state index >= 15 is 0 Å². The summed E-state index contributed by atoms with van der Waals surface area (Å²) in [6, 6.07) is 12.5. The summed E-state index contributed by atoms with van der Waals surface area (Å²) in [7, 11) is 0. The Morgan fingerprint density at radius 3 is 2.47 bits per heavy atom. The van der Waals surface area contributed by atoms with Crippen molar-refractivity contribution in [3.05, 3.63) is 53.5 Å². The highest BCUT2D eigenvalue weighted by atomic mass is 16.5. The molecule has 19 heavy (non-hydrogen) atoms. The lowest BCUT2D eigenvalue weighted by Gasteiger charge is -2.14. The van der Waals surface area contributed by atoms with Crippen molar-refractivity contribution in [2.75, 3.05) is 6.61 Å². The highest BCUT2D eigenvalue weighted by Gasteiger charge is 2.06. The third kappa shape index (κ3) is 3.86. The Morgan fingerprint density at radius 2 is 1.89 bits per heavy atom. The molecule has 1 N–H and O–H groups in total. The fraction of sp³-hybridized carbons (Fsp3) is 0.375. The molecule has 0 radical (unpaired) electrons. The Kier molecular flexibility index (Phi) is 4.63. The smallest absolute Gasteiger partial charge is 0.119 e. The molecule has 0 fully saturated rings. The van der Waals surface area contributed by atoms with Crippen LogP contribution in [0, 0.1) is 6.92 Å². The van der Waals surface area contributed by atoms with Crippen LogP contribution in [0.3, 0.4) is 0 Å². The Hall–Kier alpha value is -1.74. The van der Waals surface area contributed by atoms with Crippen molar-refractivity contribution < 1.29 is 9.15 Å². The fourth-order valence-electron chi connectivity index (χ4n) is 1.97. The van der Waals surface area contributed by atoms with Crippen molar-refractivity contribution >= 4 is 0 Å². The summed E-state index contributed by atoms with van der Waals surface area (Å²) in [6.07, 6.45) is 0. The molecule has 3 nitrogen and oxygen atoms in total. The van der Waals surface area contributed by atoms with Crippen LogP contribution in [0.1, 0.15) is 37.0 Å². The molecule has 0 saturated carbocycles. The molecular formula is C16H21NO2. The summed E-state index contributed by atoms with van der Waals surface area (Å²) in [5, 5.41) is 3.45. The van der Waals surface area contributed by atoms with Gasteiger partial charge in [-0.15, -0.1) is 0 Å². The highest BCUT2D eigenvalue weighted by molar-refractivity contribution is 5.29. The predicted molar refractivity (Wildman–Crippen MR) is 76.3 cm³/mol. The number of benzene rings is 1. The second-order valence-corrected chi connectivity index (χ2v) is 4.62. The van der Waals surface area contributed by atoms with Gasteiger partial charge in [-0.1, -0.05) is 12.1 Å². The third-order valence-electron chi connectivity index (χ3n) is 3.07. The Bertz CT molecular complexity index is 502. The topological polar surface area (TPSA) is 34.4 Å². The van der Waals surface area contributed by atoms with E-state index in [0.29, 0.717) is 6.61 Å². The Labute approximate surface area is 114 Å². The van der Waals surface area contributed by atoms with Gasteiger partial charge in [0.15, 0.2) is 0 Å². The molecule has 102 valence electrons. The van der Waals surface area contributed by atoms with Crippen molar-refractivity contribution in [2.24, 2.45) is 0 Å². The number of ether oxygens (including phenoxy) is 1. The molecule has 2 rings (SSSR count). The van der Waals surface area contributed by atoms with Crippen LogP contribution in [0.5, 0.6) is 5.75 Å². The lowest BCUT2D eigenvalue weighted by atomic mass is 10.1. The lowest BCUT2D eigenvalue weighted by molar-refractivity contribution is 0.340. The van der Waals surface area contributed by atoms with Gasteiger partial charge in [-0.25, -0.2) is 0 Å². The summed E-state index contributed by atoms with van der Waals surface area (Å²) >= 11 is 0. The average Bonchev–Trinajstić information content (AvgIpc) is 2.83. The van der Waals surface area contributed by atoms with Crippen molar-refractivity contribution in [3.63, 3.8) is 0 Å². The van der Waals surface area contributed by atoms with E-state index in [-0.39, 0.29) is 6.04 Å². The molecule has 1 heterocycles. The van der Waals surface area contributed by atoms with Gasteiger partial charge in [0.1, 0.15) is 17.3 Å². The summed E-state index contributed by atoms with van der Waals surface area (Å²) in [5.41, 5.74) is 1.24. The van der Waals surface area contributed by atoms with Crippen LogP contribution in [-0.2, 0) is 6.54 Å². The molecule has 3 heteroatoms. The van der Waals surface area contributed by atoms with Gasteiger partial charge in [0.2, 0.25) is 0 Å². The molecule has 0 spiro atoms. The van der Waals surface area contributed by atoms with Crippen LogP contribution in [0.2, 0.25) is 0 Å². The third-order valence-corrected chi connectivity index (χ3v) is 3.07. The Balaban J connectivity index is 1.90. The fourth-order valence-corrected chi connectivity index (χ4v) is 1.97. The van der Waals surface area contributed by atoms with Gasteiger partial charge in [0.05, 0.1) is 13.2 Å². The van der Waals surface area contributed by atoms with Gasteiger partial charge in [-0.3, -0.25) is 0 Å². The van der Waals surface area contributed by atoms with Crippen LogP contribution in [0.25, 0.3) is 0 Å². The molecule has 0 aliphatic heterocycles. The first-order chi connectivity index (χ1) is 9.19. The van der Waals surface area contributed by atoms with Gasteiger partial charge in [-0.2, -0.15) is 0 Å². The number of aryl methyl sites for hydroxylation is 1. The van der Waals surface area contributed by atoms with Crippen LogP contribution < -0.4 is 10.1 Å². The summed E-state index contributed by atoms with van der Waals surface area (Å²) in [5.74, 6) is 2.83. The van der Waals surface area contributed by atoms with Gasteiger partial charge in [-0.05, 0) is 50.6 Å². The lowest BCUT2D eigenvalue weighted by Crippen LogP contribution is -2.17. The van der Waals surface area contributed by atoms with E-state index in [4.69, 9.17) is 9.15 Å². The van der Waals surface area contributed by atoms with Crippen molar-refractivity contribution in [1.82, 2.24) is 5.32 Å². The molecule has 0 saturated heterocycles. The SMILES string of the molecule is CCOc1ccc(C(C)NCc2ccc(C)o2)cc1. The van der Waals surface area contributed by atoms with Gasteiger partial charge in [0, 0.05) is 6.04 Å². The quantitative estimate of drug-likeness (QED) is 0.856. The molecule has 0 bridgehead atoms. The molecule has 0 aliphatic rings. The number of furan rings is 1. The minimum absolute atomic E-state index is 0.279. The van der Waals surface area contributed by atoms with Crippen LogP contribution in [0.4, 0.5) is 0 Å². The molecule has 0 amide bonds. The second-order valence-electron chi connectivity index (χ2n) is 4.62. The van der Waals surface area contributed by atoms with E-state index in [1.54, 1.807) is 0 Å². The maximum absolute atomic E-state index is 5.54. The predicted octanol–water partition coefficient (Wildman–Crippen LogP) is 3.84. The maximum Gasteiger partial charge on any atom is 0.119 e. The van der Waals surface area contributed by atoms with E-state index < -0.39 is 0 Å². The summed E-state index contributed by atoms with van der Waals surface area (Å²) < 4.78 is 11.0. The van der Waals surface area contributed by atoms with Crippen molar-refractivity contribution in [2.45, 2.75) is 33.4 Å². The zero-order chi connectivity index (χ0) is 13.7. The van der Waals surface area contributed by atoms with Crippen LogP contribution in [0.15, 0.2) is 40.8 Å². The van der Waals surface area contributed by atoms with E-state index in [1.165, 1.54) is 5.56 Å². The second kappa shape index (κ2) is 6.43. The van der Waals surface area contributed by atoms with Crippen molar-refractivity contribution in [3.8, 4) is 5.75 Å². The normalized spacial score (nSPS) is 12.4. The molecule has 1 aromatic heterocycles. The van der Waals surface area contributed by atoms with Gasteiger partial charge >= 0.3 is 0 Å². The molecule has 1 aromatic carbocycles. The zero-order valence-corrected chi connectivity index (χ0v) is 11.8. The largest absolute Gasteiger partial charge is 0.494 e. The van der Waals surface area contributed by atoms with Crippen LogP contribution in [-0.4, -0.2) is 6.61 Å².